The number of halogens is 1. The van der Waals surface area contributed by atoms with Crippen molar-refractivity contribution in [3.8, 4) is 0 Å². The van der Waals surface area contributed by atoms with Crippen LogP contribution in [0.2, 0.25) is 5.02 Å². The first-order chi connectivity index (χ1) is 15.4. The molecule has 2 aliphatic heterocycles. The summed E-state index contributed by atoms with van der Waals surface area (Å²) in [5.41, 5.74) is 4.29. The Bertz CT molecular complexity index is 1080. The molecule has 2 heterocycles. The molecule has 0 aromatic heterocycles. The second kappa shape index (κ2) is 9.54. The molecule has 1 atom stereocenters. The average Bonchev–Trinajstić information content (AvgIpc) is 2.99. The van der Waals surface area contributed by atoms with E-state index >= 15 is 0 Å². The van der Waals surface area contributed by atoms with Crippen LogP contribution in [0.15, 0.2) is 48.6 Å². The topological polar surface area (TPSA) is 95.9 Å². The molecule has 8 heteroatoms. The number of nitrogens with one attached hydrogen (secondary N) is 1. The molecule has 2 N–H and O–H groups in total. The number of nitrogens with zero attached hydrogens (tertiary/aromatic N) is 1. The third-order valence-electron chi connectivity index (χ3n) is 5.65. The van der Waals surface area contributed by atoms with Crippen LogP contribution in [0, 0.1) is 0 Å². The molecule has 7 nitrogen and oxygen atoms in total. The van der Waals surface area contributed by atoms with Crippen molar-refractivity contribution >= 4 is 35.1 Å². The third-order valence-corrected chi connectivity index (χ3v) is 6.06. The number of carboxylic acids is 1. The summed E-state index contributed by atoms with van der Waals surface area (Å²) in [6.45, 7) is 1.13. The van der Waals surface area contributed by atoms with Crippen LogP contribution in [-0.4, -0.2) is 42.3 Å². The predicted octanol–water partition coefficient (Wildman–Crippen LogP) is 3.13. The molecule has 0 bridgehead atoms. The van der Waals surface area contributed by atoms with Crippen molar-refractivity contribution in [1.82, 2.24) is 5.32 Å². The lowest BCUT2D eigenvalue weighted by atomic mass is 9.92. The molecule has 32 heavy (non-hydrogen) atoms. The van der Waals surface area contributed by atoms with Gasteiger partial charge in [-0.3, -0.25) is 10.1 Å². The highest BCUT2D eigenvalue weighted by atomic mass is 35.5. The normalized spacial score (nSPS) is 17.9. The van der Waals surface area contributed by atoms with Gasteiger partial charge in [-0.25, -0.2) is 9.59 Å². The SMILES string of the molecule is O=C(O)/C=C/C(=O)OC1Cc2cc3c(c(Cl)c2CCN1)N(C(=O)c1ccccc1)CCC3. The number of carboxylic acid groups (broad SMARTS) is 1. The number of hydrogen-bond acceptors (Lipinski definition) is 5. The van der Waals surface area contributed by atoms with Gasteiger partial charge in [0.15, 0.2) is 6.23 Å². The Hall–Kier alpha value is -3.16. The number of esters is 1. The van der Waals surface area contributed by atoms with E-state index in [1.807, 2.05) is 18.2 Å². The number of amides is 1. The van der Waals surface area contributed by atoms with Gasteiger partial charge in [0.25, 0.3) is 5.91 Å². The Balaban J connectivity index is 1.62. The van der Waals surface area contributed by atoms with E-state index in [4.69, 9.17) is 21.4 Å². The number of fused-ring (bicyclic) bond motifs is 2. The molecule has 0 spiro atoms. The molecule has 0 saturated heterocycles. The van der Waals surface area contributed by atoms with Gasteiger partial charge in [-0.15, -0.1) is 0 Å². The van der Waals surface area contributed by atoms with Gasteiger partial charge in [-0.1, -0.05) is 35.9 Å². The second-order valence-electron chi connectivity index (χ2n) is 7.77. The number of hydrogen-bond donors (Lipinski definition) is 2. The first kappa shape index (κ1) is 22.0. The molecular weight excluding hydrogens is 432 g/mol. The summed E-state index contributed by atoms with van der Waals surface area (Å²) in [6, 6.07) is 11.2. The molecule has 0 saturated carbocycles. The smallest absolute Gasteiger partial charge is 0.332 e. The number of aryl methyl sites for hydroxylation is 1. The van der Waals surface area contributed by atoms with Gasteiger partial charge in [0.2, 0.25) is 0 Å². The quantitative estimate of drug-likeness (QED) is 0.544. The predicted molar refractivity (Wildman–Crippen MR) is 120 cm³/mol. The summed E-state index contributed by atoms with van der Waals surface area (Å²) in [6.07, 6.45) is 3.70. The largest absolute Gasteiger partial charge is 0.478 e. The minimum Gasteiger partial charge on any atom is -0.478 e. The van der Waals surface area contributed by atoms with E-state index in [-0.39, 0.29) is 5.91 Å². The average molecular weight is 455 g/mol. The number of carbonyl (C=O) groups is 3. The van der Waals surface area contributed by atoms with Gasteiger partial charge < -0.3 is 14.7 Å². The number of ether oxygens (including phenoxy) is 1. The molecule has 2 aromatic carbocycles. The monoisotopic (exact) mass is 454 g/mol. The fourth-order valence-corrected chi connectivity index (χ4v) is 4.68. The van der Waals surface area contributed by atoms with Crippen LogP contribution < -0.4 is 10.2 Å². The molecule has 0 aliphatic carbocycles. The van der Waals surface area contributed by atoms with Gasteiger partial charge in [-0.2, -0.15) is 0 Å². The van der Waals surface area contributed by atoms with E-state index in [1.165, 1.54) is 0 Å². The van der Waals surface area contributed by atoms with Gasteiger partial charge in [-0.05, 0) is 48.1 Å². The van der Waals surface area contributed by atoms with Crippen molar-refractivity contribution in [2.75, 3.05) is 18.0 Å². The second-order valence-corrected chi connectivity index (χ2v) is 8.15. The van der Waals surface area contributed by atoms with Crippen molar-refractivity contribution in [1.29, 1.82) is 0 Å². The summed E-state index contributed by atoms with van der Waals surface area (Å²) in [7, 11) is 0. The molecule has 4 rings (SSSR count). The van der Waals surface area contributed by atoms with Gasteiger partial charge in [0.1, 0.15) is 0 Å². The molecule has 0 radical (unpaired) electrons. The summed E-state index contributed by atoms with van der Waals surface area (Å²) in [5, 5.41) is 12.4. The van der Waals surface area contributed by atoms with Crippen LogP contribution in [0.1, 0.15) is 33.5 Å². The van der Waals surface area contributed by atoms with Crippen molar-refractivity contribution < 1.29 is 24.2 Å². The van der Waals surface area contributed by atoms with Crippen molar-refractivity contribution in [3.05, 3.63) is 75.8 Å². The molecule has 0 fully saturated rings. The summed E-state index contributed by atoms with van der Waals surface area (Å²) in [5.74, 6) is -2.01. The zero-order valence-corrected chi connectivity index (χ0v) is 18.1. The fraction of sp³-hybridized carbons (Fsp3) is 0.292. The lowest BCUT2D eigenvalue weighted by molar-refractivity contribution is -0.145. The van der Waals surface area contributed by atoms with Crippen LogP contribution in [0.25, 0.3) is 0 Å². The fourth-order valence-electron chi connectivity index (χ4n) is 4.24. The minimum atomic E-state index is -1.21. The maximum absolute atomic E-state index is 13.2. The number of carbonyl (C=O) groups excluding carboxylic acids is 2. The Morgan fingerprint density at radius 3 is 2.66 bits per heavy atom. The number of aliphatic carboxylic acids is 1. The molecule has 2 aromatic rings. The molecule has 1 amide bonds. The number of rotatable bonds is 4. The van der Waals surface area contributed by atoms with E-state index in [2.05, 4.69) is 11.4 Å². The first-order valence-electron chi connectivity index (χ1n) is 10.5. The first-order valence-corrected chi connectivity index (χ1v) is 10.9. The van der Waals surface area contributed by atoms with Crippen LogP contribution in [-0.2, 0) is 33.6 Å². The highest BCUT2D eigenvalue weighted by Gasteiger charge is 2.30. The van der Waals surface area contributed by atoms with Gasteiger partial charge in [0.05, 0.1) is 10.7 Å². The van der Waals surface area contributed by atoms with Crippen molar-refractivity contribution in [2.45, 2.75) is 31.9 Å². The summed E-state index contributed by atoms with van der Waals surface area (Å²) in [4.78, 5) is 37.5. The maximum atomic E-state index is 13.2. The Labute approximate surface area is 190 Å². The Morgan fingerprint density at radius 1 is 1.12 bits per heavy atom. The van der Waals surface area contributed by atoms with Gasteiger partial charge >= 0.3 is 11.9 Å². The molecule has 166 valence electrons. The lowest BCUT2D eigenvalue weighted by Crippen LogP contribution is -2.36. The Kier molecular flexibility index (Phi) is 6.58. The third kappa shape index (κ3) is 4.69. The highest BCUT2D eigenvalue weighted by molar-refractivity contribution is 6.35. The summed E-state index contributed by atoms with van der Waals surface area (Å²) < 4.78 is 5.37. The molecular formula is C24H23ClN2O5. The van der Waals surface area contributed by atoms with E-state index in [9.17, 15) is 14.4 Å². The molecule has 1 unspecified atom stereocenters. The zero-order chi connectivity index (χ0) is 22.7. The van der Waals surface area contributed by atoms with Crippen LogP contribution in [0.3, 0.4) is 0 Å². The van der Waals surface area contributed by atoms with E-state index < -0.39 is 18.2 Å². The van der Waals surface area contributed by atoms with E-state index in [1.54, 1.807) is 17.0 Å². The maximum Gasteiger partial charge on any atom is 0.332 e. The minimum absolute atomic E-state index is 0.0721. The van der Waals surface area contributed by atoms with E-state index in [0.29, 0.717) is 36.5 Å². The van der Waals surface area contributed by atoms with Gasteiger partial charge in [0, 0.05) is 37.2 Å². The standard InChI is InChI=1S/C24H23ClN2O5/c25-22-18-10-11-26-19(32-21(30)9-8-20(28)29)14-17(18)13-16-7-4-12-27(23(16)22)24(31)15-5-2-1-3-6-15/h1-3,5-6,8-9,13,19,26H,4,7,10-12,14H2,(H,28,29)/b9-8+. The number of benzene rings is 2. The van der Waals surface area contributed by atoms with E-state index in [0.717, 1.165) is 47.4 Å². The zero-order valence-electron chi connectivity index (χ0n) is 17.3. The van der Waals surface area contributed by atoms with Crippen molar-refractivity contribution in [2.24, 2.45) is 0 Å². The summed E-state index contributed by atoms with van der Waals surface area (Å²) >= 11 is 6.88. The Morgan fingerprint density at radius 2 is 1.91 bits per heavy atom. The van der Waals surface area contributed by atoms with Crippen LogP contribution >= 0.6 is 11.6 Å². The van der Waals surface area contributed by atoms with Crippen LogP contribution in [0.5, 0.6) is 0 Å². The van der Waals surface area contributed by atoms with Crippen LogP contribution in [0.4, 0.5) is 5.69 Å². The highest BCUT2D eigenvalue weighted by Crippen LogP contribution is 2.40. The number of anilines is 1. The van der Waals surface area contributed by atoms with Crippen molar-refractivity contribution in [3.63, 3.8) is 0 Å². The lowest BCUT2D eigenvalue weighted by Gasteiger charge is -2.32. The molecule has 2 aliphatic rings.